The van der Waals surface area contributed by atoms with Crippen LogP contribution in [0, 0.1) is 13.8 Å². The zero-order valence-corrected chi connectivity index (χ0v) is 14.6. The number of amides is 1. The van der Waals surface area contributed by atoms with E-state index in [0.717, 1.165) is 33.3 Å². The molecule has 0 bridgehead atoms. The number of hydrogen-bond donors (Lipinski definition) is 3. The lowest BCUT2D eigenvalue weighted by molar-refractivity contribution is -0.121. The molecule has 1 amide bonds. The Labute approximate surface area is 147 Å². The number of aryl methyl sites for hydroxylation is 2. The van der Waals surface area contributed by atoms with Crippen LogP contribution < -0.4 is 10.7 Å². The van der Waals surface area contributed by atoms with Gasteiger partial charge in [0, 0.05) is 28.4 Å². The smallest absolute Gasteiger partial charge is 0.262 e. The first-order chi connectivity index (χ1) is 12.1. The minimum atomic E-state index is -0.389. The third kappa shape index (κ3) is 3.71. The minimum absolute atomic E-state index is 0.182. The van der Waals surface area contributed by atoms with E-state index in [0.29, 0.717) is 0 Å². The molecule has 5 nitrogen and oxygen atoms in total. The van der Waals surface area contributed by atoms with Gasteiger partial charge in [0.25, 0.3) is 5.91 Å². The number of benzene rings is 2. The van der Waals surface area contributed by atoms with Crippen molar-refractivity contribution >= 4 is 28.7 Å². The lowest BCUT2D eigenvalue weighted by Gasteiger charge is -2.17. The molecule has 128 valence electrons. The molecule has 0 saturated carbocycles. The summed E-state index contributed by atoms with van der Waals surface area (Å²) in [7, 11) is 0. The summed E-state index contributed by atoms with van der Waals surface area (Å²) in [5, 5.41) is 8.42. The second-order valence-corrected chi connectivity index (χ2v) is 6.16. The van der Waals surface area contributed by atoms with Crippen molar-refractivity contribution in [1.29, 1.82) is 0 Å². The first-order valence-electron chi connectivity index (χ1n) is 8.28. The van der Waals surface area contributed by atoms with Crippen LogP contribution in [0.1, 0.15) is 23.6 Å². The van der Waals surface area contributed by atoms with Gasteiger partial charge >= 0.3 is 0 Å². The number of aromatic amines is 1. The Morgan fingerprint density at radius 3 is 2.60 bits per heavy atom. The zero-order valence-electron chi connectivity index (χ0n) is 14.6. The van der Waals surface area contributed by atoms with Crippen molar-refractivity contribution in [2.24, 2.45) is 5.10 Å². The van der Waals surface area contributed by atoms with E-state index >= 15 is 0 Å². The van der Waals surface area contributed by atoms with Gasteiger partial charge in [-0.05, 0) is 38.0 Å². The fourth-order valence-corrected chi connectivity index (χ4v) is 2.79. The van der Waals surface area contributed by atoms with Gasteiger partial charge in [0.05, 0.1) is 6.21 Å². The van der Waals surface area contributed by atoms with Gasteiger partial charge in [-0.25, -0.2) is 5.43 Å². The van der Waals surface area contributed by atoms with Gasteiger partial charge in [-0.2, -0.15) is 5.10 Å². The Bertz CT molecular complexity index is 906. The molecule has 3 aromatic rings. The Kier molecular flexibility index (Phi) is 4.84. The van der Waals surface area contributed by atoms with E-state index in [4.69, 9.17) is 0 Å². The molecule has 0 aliphatic heterocycles. The second-order valence-electron chi connectivity index (χ2n) is 6.16. The molecule has 1 heterocycles. The highest BCUT2D eigenvalue weighted by atomic mass is 16.2. The van der Waals surface area contributed by atoms with Gasteiger partial charge in [0.15, 0.2) is 0 Å². The first kappa shape index (κ1) is 16.8. The quantitative estimate of drug-likeness (QED) is 0.491. The van der Waals surface area contributed by atoms with Crippen LogP contribution in [0.4, 0.5) is 5.69 Å². The van der Waals surface area contributed by atoms with Crippen molar-refractivity contribution in [3.63, 3.8) is 0 Å². The molecule has 25 heavy (non-hydrogen) atoms. The monoisotopic (exact) mass is 334 g/mol. The molecule has 0 aliphatic rings. The summed E-state index contributed by atoms with van der Waals surface area (Å²) in [5.74, 6) is -0.182. The van der Waals surface area contributed by atoms with Crippen molar-refractivity contribution in [2.75, 3.05) is 5.32 Å². The summed E-state index contributed by atoms with van der Waals surface area (Å²) >= 11 is 0. The number of aromatic nitrogens is 1. The van der Waals surface area contributed by atoms with Crippen LogP contribution in [-0.2, 0) is 4.79 Å². The maximum absolute atomic E-state index is 12.3. The number of nitrogens with zero attached hydrogens (tertiary/aromatic N) is 1. The largest absolute Gasteiger partial charge is 0.373 e. The molecule has 5 heteroatoms. The maximum Gasteiger partial charge on any atom is 0.262 e. The molecule has 0 spiro atoms. The van der Waals surface area contributed by atoms with Gasteiger partial charge in [-0.1, -0.05) is 36.4 Å². The normalized spacial score (nSPS) is 12.4. The standard InChI is InChI=1S/C20H22N4O/c1-13-7-6-8-14(2)19(13)23-15(3)20(25)24-22-12-16-11-21-18-10-5-4-9-17(16)18/h4-12,15,21,23H,1-3H3,(H,24,25)/b22-12-/t15-/m0/s1. The highest BCUT2D eigenvalue weighted by Crippen LogP contribution is 2.20. The van der Waals surface area contributed by atoms with Gasteiger partial charge in [0.2, 0.25) is 0 Å². The highest BCUT2D eigenvalue weighted by Gasteiger charge is 2.14. The molecule has 0 saturated heterocycles. The topological polar surface area (TPSA) is 69.3 Å². The number of anilines is 1. The van der Waals surface area contributed by atoms with Crippen molar-refractivity contribution < 1.29 is 4.79 Å². The van der Waals surface area contributed by atoms with E-state index in [2.05, 4.69) is 20.8 Å². The fraction of sp³-hybridized carbons (Fsp3) is 0.200. The number of fused-ring (bicyclic) bond motifs is 1. The van der Waals surface area contributed by atoms with Crippen molar-refractivity contribution in [3.05, 3.63) is 65.4 Å². The van der Waals surface area contributed by atoms with Crippen LogP contribution in [0.15, 0.2) is 53.8 Å². The lowest BCUT2D eigenvalue weighted by Crippen LogP contribution is -2.35. The first-order valence-corrected chi connectivity index (χ1v) is 8.28. The predicted octanol–water partition coefficient (Wildman–Crippen LogP) is 3.74. The number of carbonyl (C=O) groups excluding carboxylic acids is 1. The van der Waals surface area contributed by atoms with Crippen molar-refractivity contribution in [3.8, 4) is 0 Å². The Balaban J connectivity index is 1.64. The lowest BCUT2D eigenvalue weighted by atomic mass is 10.1. The van der Waals surface area contributed by atoms with Crippen molar-refractivity contribution in [2.45, 2.75) is 26.8 Å². The number of para-hydroxylation sites is 2. The predicted molar refractivity (Wildman–Crippen MR) is 103 cm³/mol. The molecule has 0 unspecified atom stereocenters. The fourth-order valence-electron chi connectivity index (χ4n) is 2.79. The van der Waals surface area contributed by atoms with Gasteiger partial charge in [-0.15, -0.1) is 0 Å². The minimum Gasteiger partial charge on any atom is -0.373 e. The molecule has 1 atom stereocenters. The number of H-pyrrole nitrogens is 1. The molecule has 0 fully saturated rings. The van der Waals surface area contributed by atoms with Crippen LogP contribution in [0.5, 0.6) is 0 Å². The maximum atomic E-state index is 12.3. The summed E-state index contributed by atoms with van der Waals surface area (Å²) < 4.78 is 0. The summed E-state index contributed by atoms with van der Waals surface area (Å²) in [6, 6.07) is 13.6. The van der Waals surface area contributed by atoms with Crippen LogP contribution in [0.3, 0.4) is 0 Å². The second kappa shape index (κ2) is 7.21. The summed E-state index contributed by atoms with van der Waals surface area (Å²) in [4.78, 5) is 15.4. The summed E-state index contributed by atoms with van der Waals surface area (Å²) in [6.07, 6.45) is 3.53. The molecule has 3 N–H and O–H groups in total. The van der Waals surface area contributed by atoms with E-state index in [1.165, 1.54) is 0 Å². The molecular formula is C20H22N4O. The molecule has 1 aromatic heterocycles. The number of hydrazone groups is 1. The molecule has 0 radical (unpaired) electrons. The van der Waals surface area contributed by atoms with Crippen LogP contribution >= 0.6 is 0 Å². The molecule has 2 aromatic carbocycles. The van der Waals surface area contributed by atoms with Gasteiger partial charge < -0.3 is 10.3 Å². The van der Waals surface area contributed by atoms with E-state index < -0.39 is 0 Å². The average Bonchev–Trinajstić information content (AvgIpc) is 3.01. The van der Waals surface area contributed by atoms with Crippen molar-refractivity contribution in [1.82, 2.24) is 10.4 Å². The average molecular weight is 334 g/mol. The van der Waals surface area contributed by atoms with E-state index in [1.54, 1.807) is 6.21 Å². The van der Waals surface area contributed by atoms with E-state index in [1.807, 2.05) is 69.4 Å². The van der Waals surface area contributed by atoms with Gasteiger partial charge in [-0.3, -0.25) is 4.79 Å². The third-order valence-corrected chi connectivity index (χ3v) is 4.23. The number of carbonyl (C=O) groups is 1. The molecule has 0 aliphatic carbocycles. The van der Waals surface area contributed by atoms with Crippen LogP contribution in [-0.4, -0.2) is 23.1 Å². The van der Waals surface area contributed by atoms with Crippen LogP contribution in [0.2, 0.25) is 0 Å². The van der Waals surface area contributed by atoms with E-state index in [9.17, 15) is 4.79 Å². The van der Waals surface area contributed by atoms with Gasteiger partial charge in [0.1, 0.15) is 6.04 Å². The number of nitrogens with one attached hydrogen (secondary N) is 3. The Morgan fingerprint density at radius 2 is 1.84 bits per heavy atom. The number of rotatable bonds is 5. The highest BCUT2D eigenvalue weighted by molar-refractivity contribution is 5.99. The van der Waals surface area contributed by atoms with E-state index in [-0.39, 0.29) is 11.9 Å². The Morgan fingerprint density at radius 1 is 1.12 bits per heavy atom. The SMILES string of the molecule is Cc1cccc(C)c1N[C@@H](C)C(=O)N/N=C\c1c[nH]c2ccccc12. The molecule has 3 rings (SSSR count). The summed E-state index contributed by atoms with van der Waals surface area (Å²) in [6.45, 7) is 5.87. The molecular weight excluding hydrogens is 312 g/mol. The third-order valence-electron chi connectivity index (χ3n) is 4.23. The summed E-state index contributed by atoms with van der Waals surface area (Å²) in [5.41, 5.74) is 7.79. The Hall–Kier alpha value is -3.08. The number of hydrogen-bond acceptors (Lipinski definition) is 3. The van der Waals surface area contributed by atoms with Crippen LogP contribution in [0.25, 0.3) is 10.9 Å². The zero-order chi connectivity index (χ0) is 17.8.